The highest BCUT2D eigenvalue weighted by molar-refractivity contribution is 6.04. The van der Waals surface area contributed by atoms with E-state index in [4.69, 9.17) is 0 Å². The molecule has 0 radical (unpaired) electrons. The Morgan fingerprint density at radius 3 is 2.83 bits per heavy atom. The van der Waals surface area contributed by atoms with Gasteiger partial charge in [-0.1, -0.05) is 25.5 Å². The maximum absolute atomic E-state index is 13.0. The van der Waals surface area contributed by atoms with Crippen molar-refractivity contribution in [1.82, 2.24) is 10.2 Å². The van der Waals surface area contributed by atoms with E-state index in [0.717, 1.165) is 11.3 Å². The Morgan fingerprint density at radius 2 is 2.17 bits per heavy atom. The van der Waals surface area contributed by atoms with E-state index in [0.29, 0.717) is 12.0 Å². The molecule has 1 atom stereocenters. The van der Waals surface area contributed by atoms with Gasteiger partial charge in [0.25, 0.3) is 5.91 Å². The zero-order valence-corrected chi connectivity index (χ0v) is 10.1. The molecule has 3 amide bonds. The fourth-order valence-corrected chi connectivity index (χ4v) is 2.03. The summed E-state index contributed by atoms with van der Waals surface area (Å²) >= 11 is 0. The van der Waals surface area contributed by atoms with Crippen LogP contribution < -0.4 is 5.32 Å². The topological polar surface area (TPSA) is 49.4 Å². The molecule has 5 heteroatoms. The van der Waals surface area contributed by atoms with Crippen molar-refractivity contribution < 1.29 is 14.0 Å². The normalized spacial score (nSPS) is 19.2. The van der Waals surface area contributed by atoms with Gasteiger partial charge in [0.15, 0.2) is 0 Å². The van der Waals surface area contributed by atoms with Gasteiger partial charge in [-0.25, -0.2) is 9.18 Å². The van der Waals surface area contributed by atoms with Crippen LogP contribution in [0.1, 0.15) is 25.3 Å². The molecule has 1 N–H and O–H groups in total. The van der Waals surface area contributed by atoms with Crippen molar-refractivity contribution >= 4 is 11.9 Å². The van der Waals surface area contributed by atoms with Crippen LogP contribution in [0, 0.1) is 5.82 Å². The third-order valence-electron chi connectivity index (χ3n) is 2.91. The molecule has 18 heavy (non-hydrogen) atoms. The molecule has 0 saturated carbocycles. The largest absolute Gasteiger partial charge is 0.326 e. The number of urea groups is 1. The molecular weight excluding hydrogens is 235 g/mol. The highest BCUT2D eigenvalue weighted by atomic mass is 19.1. The quantitative estimate of drug-likeness (QED) is 0.831. The molecule has 0 aliphatic carbocycles. The van der Waals surface area contributed by atoms with Crippen LogP contribution >= 0.6 is 0 Å². The lowest BCUT2D eigenvalue weighted by atomic mass is 10.1. The van der Waals surface area contributed by atoms with Gasteiger partial charge in [-0.2, -0.15) is 0 Å². The maximum atomic E-state index is 13.0. The fourth-order valence-electron chi connectivity index (χ4n) is 2.03. The summed E-state index contributed by atoms with van der Waals surface area (Å²) in [5.74, 6) is -0.601. The predicted molar refractivity (Wildman–Crippen MR) is 64.2 cm³/mol. The van der Waals surface area contributed by atoms with Gasteiger partial charge in [0.05, 0.1) is 6.54 Å². The van der Waals surface area contributed by atoms with Gasteiger partial charge in [-0.05, 0) is 24.1 Å². The van der Waals surface area contributed by atoms with Crippen LogP contribution in [0.5, 0.6) is 0 Å². The molecule has 2 rings (SSSR count). The summed E-state index contributed by atoms with van der Waals surface area (Å²) in [6.45, 7) is 2.07. The Balaban J connectivity index is 2.10. The van der Waals surface area contributed by atoms with Crippen LogP contribution in [0.4, 0.5) is 9.18 Å². The molecule has 4 nitrogen and oxygen atoms in total. The summed E-state index contributed by atoms with van der Waals surface area (Å²) in [5, 5.41) is 2.63. The summed E-state index contributed by atoms with van der Waals surface area (Å²) < 4.78 is 13.0. The second-order valence-corrected chi connectivity index (χ2v) is 4.35. The zero-order chi connectivity index (χ0) is 13.1. The van der Waals surface area contributed by atoms with E-state index in [-0.39, 0.29) is 18.3 Å². The summed E-state index contributed by atoms with van der Waals surface area (Å²) in [5.41, 5.74) is 0.607. The number of hydrogen-bond acceptors (Lipinski definition) is 2. The number of nitrogens with zero attached hydrogens (tertiary/aromatic N) is 1. The molecule has 1 heterocycles. The first-order valence-electron chi connectivity index (χ1n) is 5.98. The van der Waals surface area contributed by atoms with Crippen molar-refractivity contribution in [2.75, 3.05) is 0 Å². The molecule has 1 unspecified atom stereocenters. The number of rotatable bonds is 4. The van der Waals surface area contributed by atoms with E-state index >= 15 is 0 Å². The predicted octanol–water partition coefficient (Wildman–Crippen LogP) is 2.05. The fraction of sp³-hybridized carbons (Fsp3) is 0.385. The monoisotopic (exact) mass is 250 g/mol. The van der Waals surface area contributed by atoms with Crippen LogP contribution in [0.25, 0.3) is 0 Å². The Labute approximate surface area is 105 Å². The molecule has 1 aromatic carbocycles. The molecule has 1 saturated heterocycles. The first kappa shape index (κ1) is 12.5. The van der Waals surface area contributed by atoms with Gasteiger partial charge in [-0.15, -0.1) is 0 Å². The SMILES string of the molecule is CCCC1NC(=O)N(Cc2cccc(F)c2)C1=O. The van der Waals surface area contributed by atoms with Crippen molar-refractivity contribution in [2.45, 2.75) is 32.4 Å². The average Bonchev–Trinajstić information content (AvgIpc) is 2.58. The van der Waals surface area contributed by atoms with E-state index in [1.165, 1.54) is 12.1 Å². The molecule has 0 bridgehead atoms. The number of hydrogen-bond donors (Lipinski definition) is 1. The highest BCUT2D eigenvalue weighted by Gasteiger charge is 2.36. The van der Waals surface area contributed by atoms with Crippen LogP contribution in [0.2, 0.25) is 0 Å². The zero-order valence-electron chi connectivity index (χ0n) is 10.1. The standard InChI is InChI=1S/C13H15FN2O2/c1-2-4-11-12(17)16(13(18)15-11)8-9-5-3-6-10(14)7-9/h3,5-7,11H,2,4,8H2,1H3,(H,15,18). The number of imide groups is 1. The van der Waals surface area contributed by atoms with Crippen molar-refractivity contribution in [3.8, 4) is 0 Å². The second-order valence-electron chi connectivity index (χ2n) is 4.35. The average molecular weight is 250 g/mol. The van der Waals surface area contributed by atoms with Gasteiger partial charge in [0, 0.05) is 0 Å². The van der Waals surface area contributed by atoms with E-state index < -0.39 is 12.1 Å². The summed E-state index contributed by atoms with van der Waals surface area (Å²) in [6, 6.07) is 5.07. The number of benzene rings is 1. The van der Waals surface area contributed by atoms with Crippen molar-refractivity contribution in [1.29, 1.82) is 0 Å². The van der Waals surface area contributed by atoms with Crippen molar-refractivity contribution in [3.05, 3.63) is 35.6 Å². The smallest absolute Gasteiger partial charge is 0.325 e. The highest BCUT2D eigenvalue weighted by Crippen LogP contribution is 2.15. The van der Waals surface area contributed by atoms with Gasteiger partial charge in [0.1, 0.15) is 11.9 Å². The molecule has 1 aliphatic rings. The number of nitrogens with one attached hydrogen (secondary N) is 1. The van der Waals surface area contributed by atoms with E-state index in [2.05, 4.69) is 5.32 Å². The maximum Gasteiger partial charge on any atom is 0.325 e. The van der Waals surface area contributed by atoms with Crippen LogP contribution in [0.3, 0.4) is 0 Å². The van der Waals surface area contributed by atoms with Crippen molar-refractivity contribution in [3.63, 3.8) is 0 Å². The molecule has 1 aromatic rings. The Kier molecular flexibility index (Phi) is 3.60. The third kappa shape index (κ3) is 2.50. The summed E-state index contributed by atoms with van der Waals surface area (Å²) in [7, 11) is 0. The van der Waals surface area contributed by atoms with Gasteiger partial charge in [0.2, 0.25) is 0 Å². The summed E-state index contributed by atoms with van der Waals surface area (Å²) in [6.07, 6.45) is 1.45. The molecule has 96 valence electrons. The lowest BCUT2D eigenvalue weighted by Crippen LogP contribution is -2.30. The second kappa shape index (κ2) is 5.16. The molecule has 1 aliphatic heterocycles. The lowest BCUT2D eigenvalue weighted by molar-refractivity contribution is -0.128. The molecule has 0 aromatic heterocycles. The van der Waals surface area contributed by atoms with E-state index in [9.17, 15) is 14.0 Å². The van der Waals surface area contributed by atoms with Gasteiger partial charge < -0.3 is 5.32 Å². The Bertz CT molecular complexity index is 476. The first-order valence-corrected chi connectivity index (χ1v) is 5.98. The van der Waals surface area contributed by atoms with Crippen LogP contribution in [-0.2, 0) is 11.3 Å². The first-order chi connectivity index (χ1) is 8.61. The third-order valence-corrected chi connectivity index (χ3v) is 2.91. The number of carbonyl (C=O) groups excluding carboxylic acids is 2. The minimum absolute atomic E-state index is 0.114. The van der Waals surface area contributed by atoms with Gasteiger partial charge >= 0.3 is 6.03 Å². The lowest BCUT2D eigenvalue weighted by Gasteiger charge is -2.12. The molecule has 1 fully saturated rings. The van der Waals surface area contributed by atoms with E-state index in [1.807, 2.05) is 6.92 Å². The number of amides is 3. The van der Waals surface area contributed by atoms with Crippen LogP contribution in [-0.4, -0.2) is 22.9 Å². The summed E-state index contributed by atoms with van der Waals surface area (Å²) in [4.78, 5) is 24.7. The molecule has 0 spiro atoms. The van der Waals surface area contributed by atoms with Crippen LogP contribution in [0.15, 0.2) is 24.3 Å². The van der Waals surface area contributed by atoms with Crippen molar-refractivity contribution in [2.24, 2.45) is 0 Å². The van der Waals surface area contributed by atoms with Gasteiger partial charge in [-0.3, -0.25) is 9.69 Å². The minimum atomic E-state index is -0.434. The van der Waals surface area contributed by atoms with E-state index in [1.54, 1.807) is 12.1 Å². The number of halogens is 1. The minimum Gasteiger partial charge on any atom is -0.326 e. The Hall–Kier alpha value is -1.91. The Morgan fingerprint density at radius 1 is 1.39 bits per heavy atom. The molecular formula is C13H15FN2O2. The number of carbonyl (C=O) groups is 2.